The van der Waals surface area contributed by atoms with Gasteiger partial charge in [-0.1, -0.05) is 23.9 Å². The van der Waals surface area contributed by atoms with E-state index in [1.165, 1.54) is 0 Å². The Hall–Kier alpha value is -3.80. The predicted octanol–water partition coefficient (Wildman–Crippen LogP) is 3.78. The van der Waals surface area contributed by atoms with Gasteiger partial charge in [-0.25, -0.2) is 4.79 Å². The highest BCUT2D eigenvalue weighted by Crippen LogP contribution is 2.44. The van der Waals surface area contributed by atoms with E-state index < -0.39 is 28.5 Å². The molecule has 2 aromatic carbocycles. The van der Waals surface area contributed by atoms with Gasteiger partial charge < -0.3 is 19.0 Å². The number of hydrogen-bond donors (Lipinski definition) is 1. The summed E-state index contributed by atoms with van der Waals surface area (Å²) in [5.74, 6) is 0.618. The fourth-order valence-corrected chi connectivity index (χ4v) is 5.34. The number of nitrogens with zero attached hydrogens (tertiary/aromatic N) is 1. The van der Waals surface area contributed by atoms with Crippen LogP contribution in [0, 0.1) is 30.9 Å². The van der Waals surface area contributed by atoms with Crippen molar-refractivity contribution in [2.45, 2.75) is 57.8 Å². The van der Waals surface area contributed by atoms with Crippen LogP contribution in [0.1, 0.15) is 41.2 Å². The number of benzene rings is 2. The van der Waals surface area contributed by atoms with E-state index in [9.17, 15) is 24.5 Å². The Balaban J connectivity index is 1.41. The van der Waals surface area contributed by atoms with Crippen LogP contribution in [0.25, 0.3) is 0 Å². The van der Waals surface area contributed by atoms with E-state index in [1.807, 2.05) is 45.0 Å². The van der Waals surface area contributed by atoms with Gasteiger partial charge in [-0.3, -0.25) is 14.9 Å². The quantitative estimate of drug-likeness (QED) is 0.214. The van der Waals surface area contributed by atoms with Crippen LogP contribution >= 0.6 is 11.8 Å². The first kappa shape index (κ1) is 27.2. The molecule has 2 aliphatic rings. The molecule has 4 rings (SSSR count). The van der Waals surface area contributed by atoms with Crippen molar-refractivity contribution in [3.8, 4) is 17.2 Å². The van der Waals surface area contributed by atoms with Crippen molar-refractivity contribution >= 4 is 28.9 Å². The lowest BCUT2D eigenvalue weighted by molar-refractivity contribution is -0.754. The number of rotatable bonds is 9. The third-order valence-corrected chi connectivity index (χ3v) is 7.70. The number of nitrogens with one attached hydrogen (secondary N) is 1. The molecule has 1 fully saturated rings. The Morgan fingerprint density at radius 2 is 1.89 bits per heavy atom. The molecule has 0 spiro atoms. The molecule has 2 heterocycles. The maximum Gasteiger partial charge on any atom is 0.337 e. The Morgan fingerprint density at radius 3 is 2.53 bits per heavy atom. The third kappa shape index (κ3) is 6.01. The van der Waals surface area contributed by atoms with Gasteiger partial charge in [0, 0.05) is 5.56 Å². The highest BCUT2D eigenvalue weighted by Gasteiger charge is 2.36. The SMILES string of the molecule is Cc1c(C)c2c(c(C)c1OC(=O)CO[N+](=O)[O-])CCC(C)(COc1ccc(CC3SC(=O)NC3=O)cc1)O2. The Kier molecular flexibility index (Phi) is 7.81. The van der Waals surface area contributed by atoms with Crippen molar-refractivity contribution < 1.29 is 38.5 Å². The molecule has 2 unspecified atom stereocenters. The summed E-state index contributed by atoms with van der Waals surface area (Å²) in [5.41, 5.74) is 3.49. The van der Waals surface area contributed by atoms with E-state index in [0.29, 0.717) is 42.9 Å². The van der Waals surface area contributed by atoms with Gasteiger partial charge in [0.15, 0.2) is 6.61 Å². The molecule has 2 amide bonds. The first-order chi connectivity index (χ1) is 18.0. The monoisotopic (exact) mass is 544 g/mol. The van der Waals surface area contributed by atoms with Gasteiger partial charge in [0.1, 0.15) is 29.5 Å². The van der Waals surface area contributed by atoms with Crippen LogP contribution in [-0.2, 0) is 27.3 Å². The first-order valence-electron chi connectivity index (χ1n) is 12.0. The molecule has 202 valence electrons. The van der Waals surface area contributed by atoms with Gasteiger partial charge in [0.2, 0.25) is 5.91 Å². The second kappa shape index (κ2) is 10.9. The van der Waals surface area contributed by atoms with Gasteiger partial charge in [-0.05, 0) is 81.3 Å². The largest absolute Gasteiger partial charge is 0.489 e. The molecule has 0 saturated carbocycles. The maximum atomic E-state index is 12.0. The fourth-order valence-electron chi connectivity index (χ4n) is 4.48. The summed E-state index contributed by atoms with van der Waals surface area (Å²) in [7, 11) is 0. The van der Waals surface area contributed by atoms with Crippen LogP contribution in [0.5, 0.6) is 17.2 Å². The standard InChI is InChI=1S/C26H28N2O9S/c1-14-15(2)23-19(16(3)22(14)36-21(29)12-35-28(32)33)9-10-26(4,37-23)13-34-18-7-5-17(6-8-18)11-20-24(30)27-25(31)38-20/h5-8,20H,9-13H2,1-4H3,(H,27,30,31). The van der Waals surface area contributed by atoms with E-state index in [2.05, 4.69) is 10.2 Å². The number of imide groups is 1. The Bertz CT molecular complexity index is 1290. The number of carbonyl (C=O) groups is 3. The highest BCUT2D eigenvalue weighted by atomic mass is 32.2. The van der Waals surface area contributed by atoms with Crippen molar-refractivity contribution in [2.75, 3.05) is 13.2 Å². The Morgan fingerprint density at radius 1 is 1.18 bits per heavy atom. The molecule has 2 aliphatic heterocycles. The number of thioether (sulfide) groups is 1. The zero-order valence-corrected chi connectivity index (χ0v) is 22.3. The zero-order chi connectivity index (χ0) is 27.6. The minimum Gasteiger partial charge on any atom is -0.489 e. The first-order valence-corrected chi connectivity index (χ1v) is 12.9. The maximum absolute atomic E-state index is 12.0. The van der Waals surface area contributed by atoms with Crippen LogP contribution in [0.15, 0.2) is 24.3 Å². The average Bonchev–Trinajstić information content (AvgIpc) is 3.19. The number of esters is 1. The molecule has 0 aliphatic carbocycles. The molecule has 0 aromatic heterocycles. The number of hydrogen-bond acceptors (Lipinski definition) is 10. The van der Waals surface area contributed by atoms with E-state index in [1.54, 1.807) is 6.92 Å². The number of amides is 2. The lowest BCUT2D eigenvalue weighted by Gasteiger charge is -2.37. The Labute approximate surface area is 223 Å². The van der Waals surface area contributed by atoms with Crippen molar-refractivity contribution in [3.63, 3.8) is 0 Å². The smallest absolute Gasteiger partial charge is 0.337 e. The van der Waals surface area contributed by atoms with Gasteiger partial charge in [0.05, 0.1) is 5.25 Å². The molecule has 2 aromatic rings. The number of carbonyl (C=O) groups excluding carboxylic acids is 3. The predicted molar refractivity (Wildman–Crippen MR) is 137 cm³/mol. The summed E-state index contributed by atoms with van der Waals surface area (Å²) in [5, 5.41) is 10.9. The van der Waals surface area contributed by atoms with Crippen LogP contribution in [0.2, 0.25) is 0 Å². The molecular weight excluding hydrogens is 516 g/mol. The van der Waals surface area contributed by atoms with Crippen LogP contribution in [-0.4, -0.2) is 46.3 Å². The molecule has 38 heavy (non-hydrogen) atoms. The van der Waals surface area contributed by atoms with Gasteiger partial charge in [-0.2, -0.15) is 0 Å². The van der Waals surface area contributed by atoms with Gasteiger partial charge >= 0.3 is 5.97 Å². The van der Waals surface area contributed by atoms with E-state index in [0.717, 1.165) is 39.8 Å². The number of fused-ring (bicyclic) bond motifs is 1. The van der Waals surface area contributed by atoms with Crippen LogP contribution < -0.4 is 19.5 Å². The third-order valence-electron chi connectivity index (χ3n) is 6.72. The second-order valence-corrected chi connectivity index (χ2v) is 10.7. The molecule has 11 nitrogen and oxygen atoms in total. The molecule has 0 bridgehead atoms. The van der Waals surface area contributed by atoms with E-state index in [4.69, 9.17) is 14.2 Å². The summed E-state index contributed by atoms with van der Waals surface area (Å²) in [4.78, 5) is 49.7. The van der Waals surface area contributed by atoms with Crippen molar-refractivity contribution in [2.24, 2.45) is 0 Å². The van der Waals surface area contributed by atoms with E-state index in [-0.39, 0.29) is 11.1 Å². The molecule has 0 radical (unpaired) electrons. The van der Waals surface area contributed by atoms with Crippen molar-refractivity contribution in [3.05, 3.63) is 62.2 Å². The summed E-state index contributed by atoms with van der Waals surface area (Å²) >= 11 is 1.00. The van der Waals surface area contributed by atoms with Gasteiger partial charge in [0.25, 0.3) is 10.3 Å². The van der Waals surface area contributed by atoms with Crippen molar-refractivity contribution in [1.29, 1.82) is 0 Å². The molecule has 12 heteroatoms. The lowest BCUT2D eigenvalue weighted by atomic mass is 9.87. The topological polar surface area (TPSA) is 143 Å². The second-order valence-electron chi connectivity index (χ2n) is 9.55. The summed E-state index contributed by atoms with van der Waals surface area (Å²) in [6.07, 6.45) is 1.77. The minimum absolute atomic E-state index is 0.266. The van der Waals surface area contributed by atoms with Gasteiger partial charge in [-0.15, -0.1) is 10.1 Å². The molecule has 1 saturated heterocycles. The summed E-state index contributed by atoms with van der Waals surface area (Å²) in [6, 6.07) is 7.42. The van der Waals surface area contributed by atoms with Crippen LogP contribution in [0.3, 0.4) is 0 Å². The highest BCUT2D eigenvalue weighted by molar-refractivity contribution is 8.15. The van der Waals surface area contributed by atoms with Crippen molar-refractivity contribution in [1.82, 2.24) is 5.32 Å². The fraction of sp³-hybridized carbons (Fsp3) is 0.423. The lowest BCUT2D eigenvalue weighted by Crippen LogP contribution is -2.42. The number of ether oxygens (including phenoxy) is 3. The summed E-state index contributed by atoms with van der Waals surface area (Å²) < 4.78 is 17.9. The molecule has 1 N–H and O–H groups in total. The molecular formula is C26H28N2O9S. The zero-order valence-electron chi connectivity index (χ0n) is 21.5. The normalized spacial score (nSPS) is 20.3. The molecule has 2 atom stereocenters. The summed E-state index contributed by atoms with van der Waals surface area (Å²) in [6.45, 7) is 6.99. The van der Waals surface area contributed by atoms with E-state index >= 15 is 0 Å². The minimum atomic E-state index is -1.04. The van der Waals surface area contributed by atoms with Crippen LogP contribution in [0.4, 0.5) is 4.79 Å². The average molecular weight is 545 g/mol.